The van der Waals surface area contributed by atoms with Gasteiger partial charge in [0.05, 0.1) is 26.2 Å². The molecule has 0 aromatic heterocycles. The van der Waals surface area contributed by atoms with Crippen molar-refractivity contribution in [2.24, 2.45) is 0 Å². The van der Waals surface area contributed by atoms with Crippen LogP contribution in [0.3, 0.4) is 0 Å². The van der Waals surface area contributed by atoms with Crippen LogP contribution in [0.4, 0.5) is 0 Å². The number of ether oxygens (including phenoxy) is 4. The molecule has 1 saturated heterocycles. The highest BCUT2D eigenvalue weighted by Gasteiger charge is 2.34. The van der Waals surface area contributed by atoms with Gasteiger partial charge in [0.1, 0.15) is 22.4 Å². The summed E-state index contributed by atoms with van der Waals surface area (Å²) in [5.74, 6) is -1.40. The normalized spacial score (nSPS) is 23.8. The van der Waals surface area contributed by atoms with Crippen LogP contribution >= 0.6 is 0 Å². The zero-order valence-electron chi connectivity index (χ0n) is 33.0. The molecule has 0 spiro atoms. The van der Waals surface area contributed by atoms with Gasteiger partial charge < -0.3 is 18.9 Å². The summed E-state index contributed by atoms with van der Waals surface area (Å²) in [5.41, 5.74) is -2.59. The van der Waals surface area contributed by atoms with Crippen molar-refractivity contribution in [1.29, 1.82) is 0 Å². The minimum atomic E-state index is -0.647. The molecular weight excluding hydrogens is 616 g/mol. The van der Waals surface area contributed by atoms with Crippen LogP contribution in [-0.4, -0.2) is 142 Å². The molecule has 280 valence electrons. The first kappa shape index (κ1) is 43.7. The van der Waals surface area contributed by atoms with E-state index in [1.54, 1.807) is 0 Å². The molecule has 0 unspecified atom stereocenters. The predicted octanol–water partition coefficient (Wildman–Crippen LogP) is 4.13. The average Bonchev–Trinajstić information content (AvgIpc) is 2.81. The maximum atomic E-state index is 13.2. The molecule has 1 aliphatic rings. The maximum absolute atomic E-state index is 13.2. The Labute approximate surface area is 291 Å². The average molecular weight is 685 g/mol. The van der Waals surface area contributed by atoms with Crippen LogP contribution in [0.5, 0.6) is 0 Å². The first-order chi connectivity index (χ1) is 21.5. The Hall–Kier alpha value is -2.28. The lowest BCUT2D eigenvalue weighted by Crippen LogP contribution is -2.58. The number of rotatable bonds is 8. The third-order valence-corrected chi connectivity index (χ3v) is 7.50. The summed E-state index contributed by atoms with van der Waals surface area (Å²) in [6.45, 7) is 32.1. The second-order valence-electron chi connectivity index (χ2n) is 17.5. The summed E-state index contributed by atoms with van der Waals surface area (Å²) >= 11 is 0. The Bertz CT molecular complexity index is 902. The summed E-state index contributed by atoms with van der Waals surface area (Å²) in [5, 5.41) is 0. The quantitative estimate of drug-likeness (QED) is 0.270. The van der Waals surface area contributed by atoms with Crippen molar-refractivity contribution in [1.82, 2.24) is 19.6 Å². The molecule has 48 heavy (non-hydrogen) atoms. The fraction of sp³-hybridized carbons (Fsp3) is 0.889. The van der Waals surface area contributed by atoms with Gasteiger partial charge in [-0.2, -0.15) is 0 Å². The standard InChI is InChI=1S/C36H68N4O8/c1-25-17-38(22-30(42)46-34(8,9)10)27(3)19-40(24-32(44)48-36(14,15)16)28(4)20-39(23-31(43)47-35(11,12)13)26(2)18-37(25)21-29(41)45-33(5,6)7/h25-28H,17-24H2,1-16H3/t25-,26-,27-,28-/m0/s1. The van der Waals surface area contributed by atoms with E-state index in [1.165, 1.54) is 0 Å². The van der Waals surface area contributed by atoms with Crippen LogP contribution < -0.4 is 0 Å². The molecule has 0 amide bonds. The molecule has 0 radical (unpaired) electrons. The number of carbonyl (C=O) groups is 4. The zero-order valence-corrected chi connectivity index (χ0v) is 33.0. The van der Waals surface area contributed by atoms with Gasteiger partial charge in [-0.15, -0.1) is 0 Å². The third kappa shape index (κ3) is 18.5. The van der Waals surface area contributed by atoms with Gasteiger partial charge in [0.25, 0.3) is 0 Å². The lowest BCUT2D eigenvalue weighted by atomic mass is 10.1. The molecule has 1 fully saturated rings. The van der Waals surface area contributed by atoms with Crippen LogP contribution in [-0.2, 0) is 38.1 Å². The van der Waals surface area contributed by atoms with Gasteiger partial charge in [-0.25, -0.2) is 0 Å². The Morgan fingerprint density at radius 1 is 0.396 bits per heavy atom. The van der Waals surface area contributed by atoms with Gasteiger partial charge in [-0.05, 0) is 111 Å². The third-order valence-electron chi connectivity index (χ3n) is 7.50. The number of hydrogen-bond acceptors (Lipinski definition) is 12. The molecule has 0 aromatic rings. The molecule has 0 aliphatic carbocycles. The highest BCUT2D eigenvalue weighted by Crippen LogP contribution is 2.19. The van der Waals surface area contributed by atoms with E-state index in [2.05, 4.69) is 19.6 Å². The van der Waals surface area contributed by atoms with E-state index in [0.717, 1.165) is 0 Å². The smallest absolute Gasteiger partial charge is 0.320 e. The molecular formula is C36H68N4O8. The van der Waals surface area contributed by atoms with Crippen LogP contribution in [0.1, 0.15) is 111 Å². The van der Waals surface area contributed by atoms with E-state index in [0.29, 0.717) is 26.2 Å². The van der Waals surface area contributed by atoms with Gasteiger partial charge in [0, 0.05) is 50.3 Å². The molecule has 1 rings (SSSR count). The molecule has 0 bridgehead atoms. The van der Waals surface area contributed by atoms with E-state index in [-0.39, 0.29) is 74.2 Å². The minimum Gasteiger partial charge on any atom is -0.459 e. The highest BCUT2D eigenvalue weighted by atomic mass is 16.6. The monoisotopic (exact) mass is 685 g/mol. The fourth-order valence-electron chi connectivity index (χ4n) is 5.58. The zero-order chi connectivity index (χ0) is 37.4. The second kappa shape index (κ2) is 17.6. The topological polar surface area (TPSA) is 118 Å². The number of hydrogen-bond donors (Lipinski definition) is 0. The maximum Gasteiger partial charge on any atom is 0.320 e. The Balaban J connectivity index is 3.62. The van der Waals surface area contributed by atoms with Crippen molar-refractivity contribution in [2.75, 3.05) is 52.4 Å². The molecule has 12 nitrogen and oxygen atoms in total. The Morgan fingerprint density at radius 3 is 0.667 bits per heavy atom. The fourth-order valence-corrected chi connectivity index (χ4v) is 5.58. The number of carbonyl (C=O) groups excluding carboxylic acids is 4. The summed E-state index contributed by atoms with van der Waals surface area (Å²) in [7, 11) is 0. The molecule has 0 saturated carbocycles. The summed E-state index contributed by atoms with van der Waals surface area (Å²) < 4.78 is 22.8. The van der Waals surface area contributed by atoms with E-state index in [1.807, 2.05) is 111 Å². The molecule has 1 aliphatic heterocycles. The Kier molecular flexibility index (Phi) is 16.0. The molecule has 0 N–H and O–H groups in total. The summed E-state index contributed by atoms with van der Waals surface area (Å²) in [6, 6.07) is -0.762. The number of nitrogens with zero attached hydrogens (tertiary/aromatic N) is 4. The lowest BCUT2D eigenvalue weighted by molar-refractivity contribution is -0.161. The van der Waals surface area contributed by atoms with Crippen molar-refractivity contribution in [3.8, 4) is 0 Å². The van der Waals surface area contributed by atoms with Crippen molar-refractivity contribution < 1.29 is 38.1 Å². The summed E-state index contributed by atoms with van der Waals surface area (Å²) in [6.07, 6.45) is 0. The molecule has 1 heterocycles. The second-order valence-corrected chi connectivity index (χ2v) is 17.5. The van der Waals surface area contributed by atoms with Crippen molar-refractivity contribution in [3.05, 3.63) is 0 Å². The van der Waals surface area contributed by atoms with Crippen molar-refractivity contribution in [2.45, 2.75) is 157 Å². The Morgan fingerprint density at radius 2 is 0.542 bits per heavy atom. The van der Waals surface area contributed by atoms with Crippen molar-refractivity contribution >= 4 is 23.9 Å². The number of esters is 4. The van der Waals surface area contributed by atoms with Crippen molar-refractivity contribution in [3.63, 3.8) is 0 Å². The predicted molar refractivity (Wildman–Crippen MR) is 188 cm³/mol. The largest absolute Gasteiger partial charge is 0.459 e. The van der Waals surface area contributed by atoms with Crippen LogP contribution in [0.25, 0.3) is 0 Å². The SMILES string of the molecule is C[C@H]1CN(CC(=O)OC(C)(C)C)[C@@H](C)CN(CC(=O)OC(C)(C)C)[C@@H](C)CN(CC(=O)OC(C)(C)C)[C@@H](C)CN1CC(=O)OC(C)(C)C. The first-order valence-corrected chi connectivity index (χ1v) is 17.4. The van der Waals surface area contributed by atoms with Gasteiger partial charge in [0.2, 0.25) is 0 Å². The highest BCUT2D eigenvalue weighted by molar-refractivity contribution is 5.73. The van der Waals surface area contributed by atoms with E-state index < -0.39 is 22.4 Å². The first-order valence-electron chi connectivity index (χ1n) is 17.4. The van der Waals surface area contributed by atoms with Gasteiger partial charge in [-0.1, -0.05) is 0 Å². The van der Waals surface area contributed by atoms with Crippen LogP contribution in [0.2, 0.25) is 0 Å². The molecule has 12 heteroatoms. The van der Waals surface area contributed by atoms with Gasteiger partial charge >= 0.3 is 23.9 Å². The summed E-state index contributed by atoms with van der Waals surface area (Å²) in [4.78, 5) is 60.9. The van der Waals surface area contributed by atoms with E-state index in [9.17, 15) is 19.2 Å². The minimum absolute atomic E-state index is 0.0397. The lowest BCUT2D eigenvalue weighted by Gasteiger charge is -2.43. The van der Waals surface area contributed by atoms with E-state index >= 15 is 0 Å². The molecule has 0 aromatic carbocycles. The van der Waals surface area contributed by atoms with Gasteiger partial charge in [0.15, 0.2) is 0 Å². The van der Waals surface area contributed by atoms with Gasteiger partial charge in [-0.3, -0.25) is 38.8 Å². The van der Waals surface area contributed by atoms with Crippen LogP contribution in [0.15, 0.2) is 0 Å². The molecule has 4 atom stereocenters. The van der Waals surface area contributed by atoms with Crippen LogP contribution in [0, 0.1) is 0 Å². The van der Waals surface area contributed by atoms with E-state index in [4.69, 9.17) is 18.9 Å².